The molecule has 1 atom stereocenters. The Morgan fingerprint density at radius 2 is 2.10 bits per heavy atom. The maximum Gasteiger partial charge on any atom is 0.234 e. The normalized spacial score (nSPS) is 15.9. The molecule has 0 radical (unpaired) electrons. The Morgan fingerprint density at radius 1 is 1.37 bits per heavy atom. The van der Waals surface area contributed by atoms with E-state index in [2.05, 4.69) is 32.6 Å². The minimum Gasteiger partial charge on any atom is -0.495 e. The molecule has 2 N–H and O–H groups in total. The van der Waals surface area contributed by atoms with Gasteiger partial charge in [-0.2, -0.15) is 5.26 Å². The predicted molar refractivity (Wildman–Crippen MR) is 121 cm³/mol. The maximum atomic E-state index is 12.3. The summed E-state index contributed by atoms with van der Waals surface area (Å²) in [5.41, 5.74) is 1.80. The number of allylic oxidation sites excluding steroid dienone is 1. The first kappa shape index (κ1) is 22.2. The van der Waals surface area contributed by atoms with Gasteiger partial charge in [0.05, 0.1) is 34.6 Å². The summed E-state index contributed by atoms with van der Waals surface area (Å²) in [5.74, 6) is -0.336. The number of rotatable bonds is 6. The second-order valence-electron chi connectivity index (χ2n) is 6.40. The minimum atomic E-state index is -0.441. The number of carbonyl (C=O) groups is 2. The van der Waals surface area contributed by atoms with Crippen molar-refractivity contribution in [3.05, 3.63) is 68.1 Å². The van der Waals surface area contributed by atoms with Crippen molar-refractivity contribution < 1.29 is 14.3 Å². The van der Waals surface area contributed by atoms with Crippen LogP contribution in [0.5, 0.6) is 5.75 Å². The lowest BCUT2D eigenvalue weighted by Crippen LogP contribution is -2.31. The Hall–Kier alpha value is -2.47. The molecule has 0 saturated heterocycles. The number of methoxy groups -OCH3 is 1. The van der Waals surface area contributed by atoms with Crippen LogP contribution in [-0.2, 0) is 9.59 Å². The van der Waals surface area contributed by atoms with E-state index < -0.39 is 5.92 Å². The van der Waals surface area contributed by atoms with Gasteiger partial charge in [-0.25, -0.2) is 0 Å². The van der Waals surface area contributed by atoms with Gasteiger partial charge in [-0.15, -0.1) is 0 Å². The number of nitrogens with zero attached hydrogens (tertiary/aromatic N) is 1. The zero-order chi connectivity index (χ0) is 21.7. The molecule has 1 heterocycles. The largest absolute Gasteiger partial charge is 0.495 e. The van der Waals surface area contributed by atoms with Gasteiger partial charge in [0.15, 0.2) is 0 Å². The zero-order valence-corrected chi connectivity index (χ0v) is 19.0. The zero-order valence-electron chi connectivity index (χ0n) is 15.9. The molecule has 0 fully saturated rings. The number of nitrogens with one attached hydrogen (secondary N) is 2. The maximum absolute atomic E-state index is 12.3. The van der Waals surface area contributed by atoms with E-state index in [1.807, 2.05) is 12.1 Å². The fraction of sp³-hybridized carbons (Fsp3) is 0.190. The van der Waals surface area contributed by atoms with Crippen LogP contribution in [-0.4, -0.2) is 24.7 Å². The summed E-state index contributed by atoms with van der Waals surface area (Å²) >= 11 is 10.7. The monoisotopic (exact) mass is 505 g/mol. The van der Waals surface area contributed by atoms with E-state index >= 15 is 0 Å². The van der Waals surface area contributed by atoms with Gasteiger partial charge in [0.1, 0.15) is 5.75 Å². The molecule has 3 rings (SSSR count). The fourth-order valence-electron chi connectivity index (χ4n) is 2.99. The van der Waals surface area contributed by atoms with E-state index in [1.165, 1.54) is 7.11 Å². The van der Waals surface area contributed by atoms with Gasteiger partial charge in [0.2, 0.25) is 11.8 Å². The van der Waals surface area contributed by atoms with Crippen LogP contribution in [0.1, 0.15) is 17.9 Å². The number of benzene rings is 2. The van der Waals surface area contributed by atoms with Crippen molar-refractivity contribution >= 4 is 56.8 Å². The van der Waals surface area contributed by atoms with Gasteiger partial charge in [-0.05, 0) is 42.0 Å². The Bertz CT molecular complexity index is 1050. The quantitative estimate of drug-likeness (QED) is 0.586. The molecule has 2 aromatic rings. The summed E-state index contributed by atoms with van der Waals surface area (Å²) in [5, 5.41) is 16.0. The molecular formula is C21H17BrClN3O3S. The van der Waals surface area contributed by atoms with E-state index in [0.29, 0.717) is 27.1 Å². The predicted octanol–water partition coefficient (Wildman–Crippen LogP) is 4.82. The number of amides is 2. The van der Waals surface area contributed by atoms with Crippen molar-refractivity contribution in [2.45, 2.75) is 12.3 Å². The van der Waals surface area contributed by atoms with Crippen LogP contribution < -0.4 is 15.4 Å². The summed E-state index contributed by atoms with van der Waals surface area (Å²) in [6, 6.07) is 14.6. The summed E-state index contributed by atoms with van der Waals surface area (Å²) in [6.45, 7) is 0. The van der Waals surface area contributed by atoms with Crippen molar-refractivity contribution in [2.24, 2.45) is 0 Å². The number of ether oxygens (including phenoxy) is 1. The summed E-state index contributed by atoms with van der Waals surface area (Å²) in [6.07, 6.45) is 0.126. The second-order valence-corrected chi connectivity index (χ2v) is 8.71. The number of halogens is 2. The number of carbonyl (C=O) groups excluding carboxylic acids is 2. The number of nitriles is 1. The lowest BCUT2D eigenvalue weighted by Gasteiger charge is -2.25. The molecule has 2 aromatic carbocycles. The smallest absolute Gasteiger partial charge is 0.234 e. The summed E-state index contributed by atoms with van der Waals surface area (Å²) < 4.78 is 6.07. The number of hydrogen-bond donors (Lipinski definition) is 2. The molecule has 1 aliphatic rings. The van der Waals surface area contributed by atoms with Gasteiger partial charge >= 0.3 is 0 Å². The highest BCUT2D eigenvalue weighted by Gasteiger charge is 2.30. The Morgan fingerprint density at radius 3 is 2.73 bits per heavy atom. The average Bonchev–Trinajstić information content (AvgIpc) is 2.73. The van der Waals surface area contributed by atoms with Crippen LogP contribution in [0.15, 0.2) is 57.5 Å². The van der Waals surface area contributed by atoms with Crippen molar-refractivity contribution in [1.82, 2.24) is 5.32 Å². The fourth-order valence-corrected chi connectivity index (χ4v) is 4.39. The summed E-state index contributed by atoms with van der Waals surface area (Å²) in [4.78, 5) is 24.6. The topological polar surface area (TPSA) is 91.2 Å². The Labute approximate surface area is 191 Å². The molecule has 2 amide bonds. The van der Waals surface area contributed by atoms with Crippen LogP contribution in [0.2, 0.25) is 5.02 Å². The van der Waals surface area contributed by atoms with Gasteiger partial charge < -0.3 is 15.4 Å². The van der Waals surface area contributed by atoms with Crippen LogP contribution in [0.25, 0.3) is 0 Å². The highest BCUT2D eigenvalue weighted by molar-refractivity contribution is 9.10. The van der Waals surface area contributed by atoms with E-state index in [1.54, 1.807) is 30.3 Å². The summed E-state index contributed by atoms with van der Waals surface area (Å²) in [7, 11) is 1.52. The number of thioether (sulfide) groups is 1. The van der Waals surface area contributed by atoms with Crippen LogP contribution >= 0.6 is 39.3 Å². The van der Waals surface area contributed by atoms with E-state index in [-0.39, 0.29) is 24.0 Å². The Kier molecular flexibility index (Phi) is 7.43. The van der Waals surface area contributed by atoms with Gasteiger partial charge in [-0.1, -0.05) is 45.4 Å². The standard InChI is InChI=1S/C21H17BrClN3O3S/c1-29-18-7-2-12(8-17(18)23)15-9-19(27)26-21(16(15)10-24)30-11-20(28)25-14-5-3-13(22)4-6-14/h2-8,15H,9,11H2,1H3,(H,25,28)(H,26,27)/t15-/m0/s1. The Balaban J connectivity index is 1.77. The molecule has 0 spiro atoms. The van der Waals surface area contributed by atoms with Gasteiger partial charge in [0, 0.05) is 22.5 Å². The molecule has 6 nitrogen and oxygen atoms in total. The molecule has 1 aliphatic heterocycles. The average molecular weight is 507 g/mol. The second kappa shape index (κ2) is 10.0. The third kappa shape index (κ3) is 5.36. The van der Waals surface area contributed by atoms with Gasteiger partial charge in [-0.3, -0.25) is 9.59 Å². The first-order valence-electron chi connectivity index (χ1n) is 8.87. The highest BCUT2D eigenvalue weighted by atomic mass is 79.9. The molecule has 0 saturated carbocycles. The molecule has 0 aromatic heterocycles. The van der Waals surface area contributed by atoms with Crippen molar-refractivity contribution in [2.75, 3.05) is 18.2 Å². The van der Waals surface area contributed by atoms with Crippen molar-refractivity contribution in [1.29, 1.82) is 5.26 Å². The lowest BCUT2D eigenvalue weighted by atomic mass is 9.87. The van der Waals surface area contributed by atoms with Crippen LogP contribution in [0.4, 0.5) is 5.69 Å². The molecule has 0 unspecified atom stereocenters. The minimum absolute atomic E-state index is 0.0486. The first-order valence-corrected chi connectivity index (χ1v) is 11.0. The highest BCUT2D eigenvalue weighted by Crippen LogP contribution is 2.38. The first-order chi connectivity index (χ1) is 14.4. The molecule has 154 valence electrons. The van der Waals surface area contributed by atoms with E-state index in [4.69, 9.17) is 16.3 Å². The van der Waals surface area contributed by atoms with Crippen molar-refractivity contribution in [3.8, 4) is 11.8 Å². The third-order valence-corrected chi connectivity index (χ3v) is 6.25. The number of anilines is 1. The van der Waals surface area contributed by atoms with E-state index in [9.17, 15) is 14.9 Å². The number of hydrogen-bond acceptors (Lipinski definition) is 5. The molecular weight excluding hydrogens is 490 g/mol. The third-order valence-electron chi connectivity index (χ3n) is 4.41. The molecule has 0 bridgehead atoms. The van der Waals surface area contributed by atoms with Gasteiger partial charge in [0.25, 0.3) is 0 Å². The lowest BCUT2D eigenvalue weighted by molar-refractivity contribution is -0.121. The molecule has 9 heteroatoms. The SMILES string of the molecule is COc1ccc([C@@H]2CC(=O)NC(SCC(=O)Nc3ccc(Br)cc3)=C2C#N)cc1Cl. The molecule has 30 heavy (non-hydrogen) atoms. The van der Waals surface area contributed by atoms with Crippen LogP contribution in [0, 0.1) is 11.3 Å². The van der Waals surface area contributed by atoms with Crippen molar-refractivity contribution in [3.63, 3.8) is 0 Å². The van der Waals surface area contributed by atoms with E-state index in [0.717, 1.165) is 21.8 Å². The molecule has 0 aliphatic carbocycles. The van der Waals surface area contributed by atoms with Crippen LogP contribution in [0.3, 0.4) is 0 Å².